The van der Waals surface area contributed by atoms with Gasteiger partial charge in [0.25, 0.3) is 0 Å². The van der Waals surface area contributed by atoms with Gasteiger partial charge in [-0.05, 0) is 43.5 Å². The molecule has 0 heterocycles. The second kappa shape index (κ2) is 11.0. The number of hydrogen-bond donors (Lipinski definition) is 2. The lowest BCUT2D eigenvalue weighted by molar-refractivity contribution is -0.121. The summed E-state index contributed by atoms with van der Waals surface area (Å²) >= 11 is 3.26. The number of rotatable bonds is 10. The molecule has 26 heavy (non-hydrogen) atoms. The standard InChI is InChI=1S/C18H27BrN2O4S/c19-15-7-9-17(10-8-15)26(23,24)21-13-11-18(22)20-12-4-14-25-16-5-2-1-3-6-16/h7-10,16,21H,1-6,11-14H2,(H,20,22). The van der Waals surface area contributed by atoms with E-state index >= 15 is 0 Å². The van der Waals surface area contributed by atoms with Gasteiger partial charge in [0.15, 0.2) is 0 Å². The Morgan fingerprint density at radius 3 is 2.50 bits per heavy atom. The molecule has 0 radical (unpaired) electrons. The molecule has 1 amide bonds. The normalized spacial score (nSPS) is 15.7. The summed E-state index contributed by atoms with van der Waals surface area (Å²) in [6.45, 7) is 1.27. The molecule has 1 saturated carbocycles. The van der Waals surface area contributed by atoms with Crippen LogP contribution < -0.4 is 10.0 Å². The highest BCUT2D eigenvalue weighted by molar-refractivity contribution is 9.10. The first kappa shape index (κ1) is 21.3. The zero-order valence-electron chi connectivity index (χ0n) is 14.9. The van der Waals surface area contributed by atoms with Gasteiger partial charge in [-0.2, -0.15) is 0 Å². The van der Waals surface area contributed by atoms with E-state index < -0.39 is 10.0 Å². The highest BCUT2D eigenvalue weighted by Gasteiger charge is 2.14. The molecule has 1 aliphatic carbocycles. The van der Waals surface area contributed by atoms with Crippen LogP contribution in [-0.2, 0) is 19.6 Å². The Bertz CT molecular complexity index is 658. The zero-order chi connectivity index (χ0) is 18.8. The van der Waals surface area contributed by atoms with E-state index in [-0.39, 0.29) is 23.8 Å². The molecule has 0 aliphatic heterocycles. The molecule has 1 fully saturated rings. The van der Waals surface area contributed by atoms with E-state index in [1.165, 1.54) is 31.4 Å². The fourth-order valence-electron chi connectivity index (χ4n) is 2.87. The van der Waals surface area contributed by atoms with Crippen molar-refractivity contribution in [2.24, 2.45) is 0 Å². The Labute approximate surface area is 164 Å². The van der Waals surface area contributed by atoms with Crippen molar-refractivity contribution in [3.8, 4) is 0 Å². The number of ether oxygens (including phenoxy) is 1. The SMILES string of the molecule is O=C(CCNS(=O)(=O)c1ccc(Br)cc1)NCCCOC1CCCCC1. The number of carbonyl (C=O) groups excluding carboxylic acids is 1. The maximum atomic E-state index is 12.1. The summed E-state index contributed by atoms with van der Waals surface area (Å²) in [4.78, 5) is 12.0. The van der Waals surface area contributed by atoms with Crippen LogP contribution in [0.4, 0.5) is 0 Å². The van der Waals surface area contributed by atoms with Crippen molar-refractivity contribution in [2.45, 2.75) is 55.9 Å². The average molecular weight is 447 g/mol. The second-order valence-corrected chi connectivity index (χ2v) is 9.12. The fraction of sp³-hybridized carbons (Fsp3) is 0.611. The highest BCUT2D eigenvalue weighted by Crippen LogP contribution is 2.20. The van der Waals surface area contributed by atoms with Crippen LogP contribution in [0.15, 0.2) is 33.6 Å². The van der Waals surface area contributed by atoms with Crippen LogP contribution in [0.3, 0.4) is 0 Å². The molecule has 2 N–H and O–H groups in total. The molecule has 0 spiro atoms. The molecule has 2 rings (SSSR count). The van der Waals surface area contributed by atoms with E-state index in [0.29, 0.717) is 19.3 Å². The minimum Gasteiger partial charge on any atom is -0.378 e. The summed E-state index contributed by atoms with van der Waals surface area (Å²) in [7, 11) is -3.59. The Hall–Kier alpha value is -0.960. The van der Waals surface area contributed by atoms with Crippen molar-refractivity contribution in [3.05, 3.63) is 28.7 Å². The molecule has 0 unspecified atom stereocenters. The van der Waals surface area contributed by atoms with Gasteiger partial charge in [-0.3, -0.25) is 4.79 Å². The first-order valence-electron chi connectivity index (χ1n) is 9.11. The van der Waals surface area contributed by atoms with Crippen LogP contribution >= 0.6 is 15.9 Å². The van der Waals surface area contributed by atoms with E-state index in [9.17, 15) is 13.2 Å². The molecule has 0 aromatic heterocycles. The third kappa shape index (κ3) is 7.73. The molecule has 1 aromatic rings. The summed E-state index contributed by atoms with van der Waals surface area (Å²) in [5.41, 5.74) is 0. The lowest BCUT2D eigenvalue weighted by atomic mass is 9.98. The maximum absolute atomic E-state index is 12.1. The van der Waals surface area contributed by atoms with Gasteiger partial charge in [-0.1, -0.05) is 35.2 Å². The van der Waals surface area contributed by atoms with E-state index in [2.05, 4.69) is 26.0 Å². The number of amides is 1. The zero-order valence-corrected chi connectivity index (χ0v) is 17.3. The highest BCUT2D eigenvalue weighted by atomic mass is 79.9. The predicted octanol–water partition coefficient (Wildman–Crippen LogP) is 2.97. The Morgan fingerprint density at radius 2 is 1.81 bits per heavy atom. The van der Waals surface area contributed by atoms with E-state index in [4.69, 9.17) is 4.74 Å². The van der Waals surface area contributed by atoms with Crippen LogP contribution in [0.1, 0.15) is 44.9 Å². The van der Waals surface area contributed by atoms with Gasteiger partial charge in [0, 0.05) is 30.6 Å². The predicted molar refractivity (Wildman–Crippen MR) is 104 cm³/mol. The summed E-state index contributed by atoms with van der Waals surface area (Å²) in [6.07, 6.45) is 7.35. The molecule has 0 saturated heterocycles. The quantitative estimate of drug-likeness (QED) is 0.541. The second-order valence-electron chi connectivity index (χ2n) is 6.44. The minimum absolute atomic E-state index is 0.0722. The van der Waals surface area contributed by atoms with Gasteiger partial charge < -0.3 is 10.1 Å². The summed E-state index contributed by atoms with van der Waals surface area (Å²) in [5.74, 6) is -0.166. The molecular formula is C18H27BrN2O4S. The monoisotopic (exact) mass is 446 g/mol. The lowest BCUT2D eigenvalue weighted by Gasteiger charge is -2.21. The summed E-state index contributed by atoms with van der Waals surface area (Å²) in [5, 5.41) is 2.79. The number of benzene rings is 1. The average Bonchev–Trinajstić information content (AvgIpc) is 2.62. The van der Waals surface area contributed by atoms with E-state index in [1.54, 1.807) is 12.1 Å². The summed E-state index contributed by atoms with van der Waals surface area (Å²) < 4.78 is 33.3. The first-order valence-corrected chi connectivity index (χ1v) is 11.4. The van der Waals surface area contributed by atoms with E-state index in [1.807, 2.05) is 0 Å². The van der Waals surface area contributed by atoms with Crippen LogP contribution in [0.5, 0.6) is 0 Å². The Kier molecular flexibility index (Phi) is 9.04. The van der Waals surface area contributed by atoms with Gasteiger partial charge in [0.2, 0.25) is 15.9 Å². The van der Waals surface area contributed by atoms with Crippen LogP contribution in [0.25, 0.3) is 0 Å². The number of sulfonamides is 1. The molecule has 8 heteroatoms. The number of nitrogens with one attached hydrogen (secondary N) is 2. The molecule has 1 aliphatic rings. The minimum atomic E-state index is -3.59. The van der Waals surface area contributed by atoms with Crippen molar-refractivity contribution in [1.82, 2.24) is 10.0 Å². The van der Waals surface area contributed by atoms with Crippen molar-refractivity contribution in [1.29, 1.82) is 0 Å². The van der Waals surface area contributed by atoms with Gasteiger partial charge in [0.05, 0.1) is 11.0 Å². The molecule has 0 atom stereocenters. The van der Waals surface area contributed by atoms with Gasteiger partial charge >= 0.3 is 0 Å². The molecular weight excluding hydrogens is 420 g/mol. The molecule has 1 aromatic carbocycles. The van der Waals surface area contributed by atoms with Crippen molar-refractivity contribution in [3.63, 3.8) is 0 Å². The van der Waals surface area contributed by atoms with Crippen LogP contribution in [0, 0.1) is 0 Å². The number of carbonyl (C=O) groups is 1. The third-order valence-electron chi connectivity index (χ3n) is 4.32. The van der Waals surface area contributed by atoms with Crippen molar-refractivity contribution < 1.29 is 17.9 Å². The molecule has 146 valence electrons. The van der Waals surface area contributed by atoms with Crippen molar-refractivity contribution >= 4 is 31.9 Å². The Balaban J connectivity index is 1.56. The maximum Gasteiger partial charge on any atom is 0.240 e. The van der Waals surface area contributed by atoms with Gasteiger partial charge in [-0.25, -0.2) is 13.1 Å². The summed E-state index contributed by atoms with van der Waals surface area (Å²) in [6, 6.07) is 6.35. The third-order valence-corrected chi connectivity index (χ3v) is 6.32. The van der Waals surface area contributed by atoms with Gasteiger partial charge in [-0.15, -0.1) is 0 Å². The Morgan fingerprint density at radius 1 is 1.12 bits per heavy atom. The molecule has 6 nitrogen and oxygen atoms in total. The topological polar surface area (TPSA) is 84.5 Å². The fourth-order valence-corrected chi connectivity index (χ4v) is 4.16. The van der Waals surface area contributed by atoms with Crippen LogP contribution in [-0.4, -0.2) is 40.1 Å². The first-order chi connectivity index (χ1) is 12.5. The number of halogens is 1. The largest absolute Gasteiger partial charge is 0.378 e. The number of hydrogen-bond acceptors (Lipinski definition) is 4. The smallest absolute Gasteiger partial charge is 0.240 e. The van der Waals surface area contributed by atoms with Crippen LogP contribution in [0.2, 0.25) is 0 Å². The molecule has 0 bridgehead atoms. The van der Waals surface area contributed by atoms with Crippen molar-refractivity contribution in [2.75, 3.05) is 19.7 Å². The van der Waals surface area contributed by atoms with E-state index in [0.717, 1.165) is 23.7 Å². The lowest BCUT2D eigenvalue weighted by Crippen LogP contribution is -2.31. The van der Waals surface area contributed by atoms with Gasteiger partial charge in [0.1, 0.15) is 0 Å².